The topological polar surface area (TPSA) is 49.9 Å². The molecule has 0 radical (unpaired) electrons. The maximum absolute atomic E-state index is 10.8. The number of para-hydroxylation sites is 1. The zero-order chi connectivity index (χ0) is 18.6. The smallest absolute Gasteiger partial charge is 0.211 e. The molecule has 5 heteroatoms. The second-order valence-corrected chi connectivity index (χ2v) is 7.44. The zero-order valence-corrected chi connectivity index (χ0v) is 16.0. The van der Waals surface area contributed by atoms with E-state index in [1.807, 2.05) is 65.4 Å². The Hall–Kier alpha value is -2.92. The molecule has 0 aliphatic carbocycles. The number of nitrogens with zero attached hydrogens (tertiary/aromatic N) is 3. The molecule has 4 rings (SSSR count). The molecule has 0 amide bonds. The number of hydrogen-bond donors (Lipinski definition) is 1. The third kappa shape index (κ3) is 3.78. The fraction of sp³-hybridized carbons (Fsp3) is 0.182. The van der Waals surface area contributed by atoms with Crippen LogP contribution in [0.15, 0.2) is 64.7 Å². The van der Waals surface area contributed by atoms with Gasteiger partial charge < -0.3 is 5.11 Å². The van der Waals surface area contributed by atoms with Gasteiger partial charge in [0.05, 0.1) is 15.9 Å². The number of fused-ring (bicyclic) bond motifs is 1. The second-order valence-electron chi connectivity index (χ2n) is 6.43. The Bertz CT molecular complexity index is 1170. The Morgan fingerprint density at radius 2 is 2.04 bits per heavy atom. The Kier molecular flexibility index (Phi) is 5.03. The van der Waals surface area contributed by atoms with Crippen LogP contribution in [0.3, 0.4) is 0 Å². The summed E-state index contributed by atoms with van der Waals surface area (Å²) in [6, 6.07) is 16.0. The predicted molar refractivity (Wildman–Crippen MR) is 110 cm³/mol. The fourth-order valence-corrected chi connectivity index (χ4v) is 4.03. The van der Waals surface area contributed by atoms with Gasteiger partial charge in [0.25, 0.3) is 0 Å². The lowest BCUT2D eigenvalue weighted by Crippen LogP contribution is -2.14. The lowest BCUT2D eigenvalue weighted by Gasteiger charge is -2.03. The summed E-state index contributed by atoms with van der Waals surface area (Å²) >= 11 is 1.51. The van der Waals surface area contributed by atoms with Crippen LogP contribution in [0, 0.1) is 0 Å². The molecule has 0 unspecified atom stereocenters. The Morgan fingerprint density at radius 3 is 2.85 bits per heavy atom. The summed E-state index contributed by atoms with van der Waals surface area (Å²) in [5.74, 6) is 0.281. The molecule has 0 fully saturated rings. The Labute approximate surface area is 161 Å². The van der Waals surface area contributed by atoms with Crippen molar-refractivity contribution in [1.29, 1.82) is 0 Å². The van der Waals surface area contributed by atoms with Crippen LogP contribution in [0.2, 0.25) is 0 Å². The molecule has 0 saturated carbocycles. The molecule has 1 N–H and O–H groups in total. The van der Waals surface area contributed by atoms with Crippen molar-refractivity contribution in [3.8, 4) is 5.88 Å². The van der Waals surface area contributed by atoms with Crippen molar-refractivity contribution in [2.75, 3.05) is 0 Å². The average Bonchev–Trinajstić information content (AvgIpc) is 3.26. The number of aromatic nitrogens is 1. The number of unbranched alkanes of at least 4 members (excludes halogenated alkanes) is 1. The van der Waals surface area contributed by atoms with Crippen LogP contribution in [-0.2, 0) is 6.54 Å². The van der Waals surface area contributed by atoms with Crippen LogP contribution in [0.4, 0.5) is 5.69 Å². The summed E-state index contributed by atoms with van der Waals surface area (Å²) in [4.78, 5) is 10.7. The van der Waals surface area contributed by atoms with Crippen LogP contribution < -0.4 is 15.4 Å². The van der Waals surface area contributed by atoms with Gasteiger partial charge in [-0.3, -0.25) is 9.56 Å². The zero-order valence-electron chi connectivity index (χ0n) is 15.2. The third-order valence-electron chi connectivity index (χ3n) is 4.44. The molecular formula is C22H21N3OS. The van der Waals surface area contributed by atoms with Gasteiger partial charge in [-0.05, 0) is 48.1 Å². The highest BCUT2D eigenvalue weighted by atomic mass is 32.1. The molecule has 0 atom stereocenters. The Balaban J connectivity index is 1.82. The molecule has 2 aromatic carbocycles. The Morgan fingerprint density at radius 1 is 1.19 bits per heavy atom. The normalized spacial score (nSPS) is 13.8. The fourth-order valence-electron chi connectivity index (χ4n) is 2.99. The van der Waals surface area contributed by atoms with Crippen LogP contribution in [0.25, 0.3) is 12.2 Å². The summed E-state index contributed by atoms with van der Waals surface area (Å²) < 4.78 is 1.91. The molecule has 4 nitrogen and oxygen atoms in total. The number of aromatic hydroxyl groups is 1. The van der Waals surface area contributed by atoms with Crippen molar-refractivity contribution >= 4 is 29.2 Å². The van der Waals surface area contributed by atoms with E-state index in [0.717, 1.165) is 50.9 Å². The first kappa shape index (κ1) is 17.5. The van der Waals surface area contributed by atoms with E-state index in [1.54, 1.807) is 0 Å². The van der Waals surface area contributed by atoms with Crippen molar-refractivity contribution in [1.82, 2.24) is 4.57 Å². The number of benzene rings is 2. The van der Waals surface area contributed by atoms with Gasteiger partial charge in [0.2, 0.25) is 5.88 Å². The van der Waals surface area contributed by atoms with Crippen molar-refractivity contribution in [3.63, 3.8) is 0 Å². The van der Waals surface area contributed by atoms with Crippen molar-refractivity contribution in [2.24, 2.45) is 9.98 Å². The molecule has 1 aromatic heterocycles. The van der Waals surface area contributed by atoms with Gasteiger partial charge in [-0.25, -0.2) is 4.99 Å². The first-order valence-corrected chi connectivity index (χ1v) is 9.95. The lowest BCUT2D eigenvalue weighted by atomic mass is 10.2. The molecule has 3 aromatic rings. The van der Waals surface area contributed by atoms with E-state index >= 15 is 0 Å². The molecule has 0 bridgehead atoms. The largest absolute Gasteiger partial charge is 0.493 e. The molecule has 0 saturated heterocycles. The van der Waals surface area contributed by atoms with Crippen LogP contribution in [0.5, 0.6) is 5.88 Å². The van der Waals surface area contributed by atoms with Gasteiger partial charge in [-0.2, -0.15) is 0 Å². The van der Waals surface area contributed by atoms with Gasteiger partial charge in [0, 0.05) is 18.3 Å². The monoisotopic (exact) mass is 375 g/mol. The van der Waals surface area contributed by atoms with Crippen molar-refractivity contribution in [3.05, 3.63) is 80.5 Å². The van der Waals surface area contributed by atoms with E-state index in [1.165, 1.54) is 11.3 Å². The lowest BCUT2D eigenvalue weighted by molar-refractivity contribution is 0.406. The molecule has 1 aliphatic rings. The van der Waals surface area contributed by atoms with E-state index < -0.39 is 0 Å². The highest BCUT2D eigenvalue weighted by Crippen LogP contribution is 2.22. The molecule has 1 aliphatic heterocycles. The van der Waals surface area contributed by atoms with Crippen molar-refractivity contribution < 1.29 is 5.11 Å². The van der Waals surface area contributed by atoms with E-state index in [0.29, 0.717) is 0 Å². The van der Waals surface area contributed by atoms with E-state index in [-0.39, 0.29) is 5.88 Å². The first-order chi connectivity index (χ1) is 13.2. The minimum atomic E-state index is 0.281. The molecule has 27 heavy (non-hydrogen) atoms. The molecule has 136 valence electrons. The predicted octanol–water partition coefficient (Wildman–Crippen LogP) is 3.72. The van der Waals surface area contributed by atoms with Gasteiger partial charge in [-0.1, -0.05) is 48.9 Å². The number of hydrogen-bond acceptors (Lipinski definition) is 4. The first-order valence-electron chi connectivity index (χ1n) is 9.13. The van der Waals surface area contributed by atoms with Gasteiger partial charge in [0.1, 0.15) is 0 Å². The minimum Gasteiger partial charge on any atom is -0.493 e. The summed E-state index contributed by atoms with van der Waals surface area (Å²) in [5.41, 5.74) is 1.99. The van der Waals surface area contributed by atoms with Crippen LogP contribution in [-0.4, -0.2) is 9.67 Å². The maximum Gasteiger partial charge on any atom is 0.211 e. The third-order valence-corrected chi connectivity index (χ3v) is 5.46. The van der Waals surface area contributed by atoms with Gasteiger partial charge >= 0.3 is 0 Å². The average molecular weight is 375 g/mol. The van der Waals surface area contributed by atoms with Crippen LogP contribution >= 0.6 is 11.3 Å². The highest BCUT2D eigenvalue weighted by molar-refractivity contribution is 7.10. The number of rotatable bonds is 5. The van der Waals surface area contributed by atoms with E-state index in [2.05, 4.69) is 18.0 Å². The molecule has 0 spiro atoms. The highest BCUT2D eigenvalue weighted by Gasteiger charge is 2.11. The van der Waals surface area contributed by atoms with Gasteiger partial charge in [-0.15, -0.1) is 0 Å². The standard InChI is InChI=1S/C22H21N3OS/c1-2-3-13-25-21(26)20(27-22(25)24-18-7-5-4-6-8-18)15-16-9-10-19-17(14-16)11-12-23-19/h4-12,14-15,26H,2-3,13H2,1H3. The summed E-state index contributed by atoms with van der Waals surface area (Å²) in [6.07, 6.45) is 7.88. The molecular weight excluding hydrogens is 354 g/mol. The van der Waals surface area contributed by atoms with Crippen LogP contribution in [0.1, 0.15) is 30.2 Å². The van der Waals surface area contributed by atoms with Crippen molar-refractivity contribution in [2.45, 2.75) is 26.3 Å². The van der Waals surface area contributed by atoms with E-state index in [4.69, 9.17) is 4.99 Å². The SMILES string of the molecule is CCCCn1c(O)c(C=c2ccc3c(c2)C=CN=3)sc1=Nc1ccccc1. The summed E-state index contributed by atoms with van der Waals surface area (Å²) in [6.45, 7) is 2.90. The van der Waals surface area contributed by atoms with E-state index in [9.17, 15) is 5.11 Å². The van der Waals surface area contributed by atoms with Gasteiger partial charge in [0.15, 0.2) is 4.80 Å². The number of thiazole rings is 1. The quantitative estimate of drug-likeness (QED) is 0.726. The summed E-state index contributed by atoms with van der Waals surface area (Å²) in [7, 11) is 0. The summed E-state index contributed by atoms with van der Waals surface area (Å²) in [5, 5.41) is 12.8. The maximum atomic E-state index is 10.8. The minimum absolute atomic E-state index is 0.281. The second kappa shape index (κ2) is 7.76. The molecule has 2 heterocycles.